The molecule has 0 aliphatic carbocycles. The summed E-state index contributed by atoms with van der Waals surface area (Å²) in [5.41, 5.74) is -0.151. The third-order valence-electron chi connectivity index (χ3n) is 4.11. The van der Waals surface area contributed by atoms with E-state index >= 15 is 0 Å². The molecule has 1 fully saturated rings. The van der Waals surface area contributed by atoms with E-state index in [0.29, 0.717) is 24.6 Å². The molecule has 2 heterocycles. The van der Waals surface area contributed by atoms with Crippen LogP contribution in [0, 0.1) is 27.2 Å². The van der Waals surface area contributed by atoms with Gasteiger partial charge in [0.1, 0.15) is 11.5 Å². The number of nitrogens with one attached hydrogen (secondary N) is 1. The SMILES string of the molecule is Cc1nc(C2CCCN(c3ccc([N+](=O)[O-])cc3[N+](=O)[O-])C2)n[nH]1. The monoisotopic (exact) mass is 332 g/mol. The fourth-order valence-electron chi connectivity index (χ4n) is 2.99. The molecule has 0 amide bonds. The summed E-state index contributed by atoms with van der Waals surface area (Å²) in [6.07, 6.45) is 1.74. The Hall–Kier alpha value is -3.04. The number of anilines is 1. The maximum atomic E-state index is 11.3. The molecule has 1 aromatic heterocycles. The second-order valence-corrected chi connectivity index (χ2v) is 5.75. The van der Waals surface area contributed by atoms with Gasteiger partial charge < -0.3 is 4.90 Å². The van der Waals surface area contributed by atoms with E-state index in [9.17, 15) is 20.2 Å². The van der Waals surface area contributed by atoms with Crippen LogP contribution in [0.4, 0.5) is 17.1 Å². The third kappa shape index (κ3) is 3.03. The second kappa shape index (κ2) is 6.22. The van der Waals surface area contributed by atoms with E-state index in [4.69, 9.17) is 0 Å². The molecule has 0 bridgehead atoms. The number of H-pyrrole nitrogens is 1. The molecule has 1 atom stereocenters. The Morgan fingerprint density at radius 1 is 1.29 bits per heavy atom. The molecule has 3 rings (SSSR count). The van der Waals surface area contributed by atoms with E-state index in [0.717, 1.165) is 24.7 Å². The van der Waals surface area contributed by atoms with Gasteiger partial charge >= 0.3 is 0 Å². The van der Waals surface area contributed by atoms with E-state index in [2.05, 4.69) is 15.2 Å². The van der Waals surface area contributed by atoms with Crippen LogP contribution in [0.15, 0.2) is 18.2 Å². The molecular formula is C14H16N6O4. The number of hydrogen-bond acceptors (Lipinski definition) is 7. The van der Waals surface area contributed by atoms with Crippen molar-refractivity contribution in [3.63, 3.8) is 0 Å². The first-order chi connectivity index (χ1) is 11.5. The van der Waals surface area contributed by atoms with E-state index in [1.807, 2.05) is 11.8 Å². The van der Waals surface area contributed by atoms with Crippen LogP contribution in [0.2, 0.25) is 0 Å². The first-order valence-corrected chi connectivity index (χ1v) is 7.52. The number of rotatable bonds is 4. The lowest BCUT2D eigenvalue weighted by atomic mass is 9.96. The van der Waals surface area contributed by atoms with Crippen LogP contribution in [-0.2, 0) is 0 Å². The summed E-state index contributed by atoms with van der Waals surface area (Å²) in [6, 6.07) is 3.75. The molecule has 0 spiro atoms. The maximum absolute atomic E-state index is 11.3. The Bertz CT molecular complexity index is 789. The Morgan fingerprint density at radius 3 is 2.71 bits per heavy atom. The smallest absolute Gasteiger partial charge is 0.299 e. The van der Waals surface area contributed by atoms with Gasteiger partial charge in [-0.05, 0) is 25.8 Å². The number of benzene rings is 1. The number of nitro groups is 2. The minimum atomic E-state index is -0.633. The summed E-state index contributed by atoms with van der Waals surface area (Å²) >= 11 is 0. The van der Waals surface area contributed by atoms with Crippen molar-refractivity contribution in [1.82, 2.24) is 15.2 Å². The number of nitrogens with zero attached hydrogens (tertiary/aromatic N) is 5. The number of aromatic nitrogens is 3. The van der Waals surface area contributed by atoms with Crippen molar-refractivity contribution in [2.24, 2.45) is 0 Å². The van der Waals surface area contributed by atoms with Crippen molar-refractivity contribution in [2.45, 2.75) is 25.7 Å². The van der Waals surface area contributed by atoms with Crippen LogP contribution in [-0.4, -0.2) is 38.1 Å². The Balaban J connectivity index is 1.90. The van der Waals surface area contributed by atoms with Crippen molar-refractivity contribution < 1.29 is 9.85 Å². The van der Waals surface area contributed by atoms with Crippen molar-refractivity contribution in [2.75, 3.05) is 18.0 Å². The zero-order chi connectivity index (χ0) is 17.3. The van der Waals surface area contributed by atoms with Crippen molar-refractivity contribution >= 4 is 17.1 Å². The maximum Gasteiger partial charge on any atom is 0.299 e. The van der Waals surface area contributed by atoms with Gasteiger partial charge in [-0.2, -0.15) is 5.10 Å². The highest BCUT2D eigenvalue weighted by Gasteiger charge is 2.29. The van der Waals surface area contributed by atoms with Crippen LogP contribution >= 0.6 is 0 Å². The normalized spacial score (nSPS) is 17.7. The number of non-ortho nitro benzene ring substituents is 1. The largest absolute Gasteiger partial charge is 0.365 e. The first-order valence-electron chi connectivity index (χ1n) is 7.52. The van der Waals surface area contributed by atoms with E-state index in [1.54, 1.807) is 0 Å². The lowest BCUT2D eigenvalue weighted by Gasteiger charge is -2.32. The highest BCUT2D eigenvalue weighted by Crippen LogP contribution is 2.36. The molecule has 24 heavy (non-hydrogen) atoms. The van der Waals surface area contributed by atoms with Crippen LogP contribution in [0.3, 0.4) is 0 Å². The van der Waals surface area contributed by atoms with Crippen molar-refractivity contribution in [1.29, 1.82) is 0 Å². The molecule has 126 valence electrons. The molecule has 1 unspecified atom stereocenters. The predicted octanol–water partition coefficient (Wildman–Crippen LogP) is 2.31. The van der Waals surface area contributed by atoms with Gasteiger partial charge in [0.2, 0.25) is 0 Å². The summed E-state index contributed by atoms with van der Waals surface area (Å²) in [7, 11) is 0. The third-order valence-corrected chi connectivity index (χ3v) is 4.11. The topological polar surface area (TPSA) is 131 Å². The minimum Gasteiger partial charge on any atom is -0.365 e. The Labute approximate surface area is 136 Å². The van der Waals surface area contributed by atoms with Crippen molar-refractivity contribution in [3.8, 4) is 0 Å². The predicted molar refractivity (Wildman–Crippen MR) is 85.1 cm³/mol. The molecular weight excluding hydrogens is 316 g/mol. The number of hydrogen-bond donors (Lipinski definition) is 1. The number of aromatic amines is 1. The molecule has 1 aliphatic rings. The van der Waals surface area contributed by atoms with Gasteiger partial charge in [-0.25, -0.2) is 4.98 Å². The molecule has 0 saturated carbocycles. The van der Waals surface area contributed by atoms with Crippen LogP contribution in [0.5, 0.6) is 0 Å². The standard InChI is InChI=1S/C14H16N6O4/c1-9-15-14(17-16-9)10-3-2-6-18(8-10)12-5-4-11(19(21)22)7-13(12)20(23)24/h4-5,7,10H,2-3,6,8H2,1H3,(H,15,16,17). The fraction of sp³-hybridized carbons (Fsp3) is 0.429. The van der Waals surface area contributed by atoms with Gasteiger partial charge in [0, 0.05) is 25.1 Å². The Kier molecular flexibility index (Phi) is 4.11. The van der Waals surface area contributed by atoms with Crippen molar-refractivity contribution in [3.05, 3.63) is 50.1 Å². The average molecular weight is 332 g/mol. The average Bonchev–Trinajstić information content (AvgIpc) is 3.01. The molecule has 1 aromatic carbocycles. The zero-order valence-electron chi connectivity index (χ0n) is 13.0. The molecule has 10 heteroatoms. The summed E-state index contributed by atoms with van der Waals surface area (Å²) in [5.74, 6) is 1.49. The number of piperidine rings is 1. The molecule has 1 saturated heterocycles. The van der Waals surface area contributed by atoms with Gasteiger partial charge in [-0.3, -0.25) is 25.3 Å². The number of nitro benzene ring substituents is 2. The van der Waals surface area contributed by atoms with Gasteiger partial charge in [0.25, 0.3) is 11.4 Å². The van der Waals surface area contributed by atoms with E-state index in [-0.39, 0.29) is 17.3 Å². The molecule has 2 aromatic rings. The van der Waals surface area contributed by atoms with Gasteiger partial charge in [0.05, 0.1) is 15.9 Å². The molecule has 10 nitrogen and oxygen atoms in total. The van der Waals surface area contributed by atoms with Crippen LogP contribution in [0.1, 0.15) is 30.4 Å². The fourth-order valence-corrected chi connectivity index (χ4v) is 2.99. The summed E-state index contributed by atoms with van der Waals surface area (Å²) < 4.78 is 0. The summed E-state index contributed by atoms with van der Waals surface area (Å²) in [5, 5.41) is 29.2. The minimum absolute atomic E-state index is 0.0681. The number of aryl methyl sites for hydroxylation is 1. The summed E-state index contributed by atoms with van der Waals surface area (Å²) in [4.78, 5) is 27.2. The lowest BCUT2D eigenvalue weighted by molar-refractivity contribution is -0.393. The Morgan fingerprint density at radius 2 is 2.08 bits per heavy atom. The quantitative estimate of drug-likeness (QED) is 0.671. The lowest BCUT2D eigenvalue weighted by Crippen LogP contribution is -2.35. The molecule has 1 aliphatic heterocycles. The van der Waals surface area contributed by atoms with E-state index < -0.39 is 9.85 Å². The van der Waals surface area contributed by atoms with E-state index in [1.165, 1.54) is 12.1 Å². The van der Waals surface area contributed by atoms with Crippen LogP contribution in [0.25, 0.3) is 0 Å². The highest BCUT2D eigenvalue weighted by atomic mass is 16.6. The first kappa shape index (κ1) is 15.8. The summed E-state index contributed by atoms with van der Waals surface area (Å²) in [6.45, 7) is 3.01. The van der Waals surface area contributed by atoms with Crippen LogP contribution < -0.4 is 4.90 Å². The second-order valence-electron chi connectivity index (χ2n) is 5.75. The van der Waals surface area contributed by atoms with Gasteiger partial charge in [0.15, 0.2) is 5.82 Å². The van der Waals surface area contributed by atoms with Gasteiger partial charge in [-0.15, -0.1) is 0 Å². The molecule has 0 radical (unpaired) electrons. The zero-order valence-corrected chi connectivity index (χ0v) is 13.0. The highest BCUT2D eigenvalue weighted by molar-refractivity contribution is 5.67. The molecule has 1 N–H and O–H groups in total. The van der Waals surface area contributed by atoms with Gasteiger partial charge in [-0.1, -0.05) is 0 Å².